The maximum Gasteiger partial charge on any atom is 0.141 e. The van der Waals surface area contributed by atoms with Gasteiger partial charge in [0, 0.05) is 38.6 Å². The Labute approximate surface area is 410 Å². The van der Waals surface area contributed by atoms with Gasteiger partial charge in [0.25, 0.3) is 0 Å². The minimum absolute atomic E-state index is 1.15. The maximum absolute atomic E-state index is 2.58. The molecule has 0 aliphatic carbocycles. The van der Waals surface area contributed by atoms with Crippen molar-refractivity contribution in [1.82, 2.24) is 9.13 Å². The average molecular weight is 872 g/mol. The summed E-state index contributed by atoms with van der Waals surface area (Å²) < 4.78 is 5.05. The van der Waals surface area contributed by atoms with Crippen molar-refractivity contribution in [3.05, 3.63) is 200 Å². The smallest absolute Gasteiger partial charge is 0.141 e. The second-order valence-electron chi connectivity index (χ2n) is 19.1. The third-order valence-electron chi connectivity index (χ3n) is 15.4. The van der Waals surface area contributed by atoms with E-state index in [1.807, 2.05) is 0 Å². The lowest BCUT2D eigenvalue weighted by molar-refractivity contribution is 1.18. The van der Waals surface area contributed by atoms with E-state index in [0.29, 0.717) is 0 Å². The largest absolute Gasteiger partial charge is 0.310 e. The number of aromatic nitrogens is 2. The molecule has 318 valence electrons. The fourth-order valence-electron chi connectivity index (χ4n) is 11.4. The van der Waals surface area contributed by atoms with Crippen LogP contribution in [0.25, 0.3) is 111 Å². The van der Waals surface area contributed by atoms with Gasteiger partial charge >= 0.3 is 0 Å². The van der Waals surface area contributed by atoms with Crippen LogP contribution in [0.2, 0.25) is 0 Å². The number of hydrogen-bond donors (Lipinski definition) is 0. The summed E-state index contributed by atoms with van der Waals surface area (Å²) >= 11 is 0. The van der Waals surface area contributed by atoms with Gasteiger partial charge in [-0.25, -0.2) is 0 Å². The topological polar surface area (TPSA) is 9.86 Å². The maximum atomic E-state index is 2.58. The minimum atomic E-state index is 1.15. The van der Waals surface area contributed by atoms with Crippen LogP contribution in [0.15, 0.2) is 200 Å². The molecule has 0 aliphatic heterocycles. The summed E-state index contributed by atoms with van der Waals surface area (Å²) in [5.41, 5.74) is 29.0. The van der Waals surface area contributed by atoms with Crippen molar-refractivity contribution in [2.45, 2.75) is 0 Å². The van der Waals surface area contributed by atoms with Crippen LogP contribution in [0.5, 0.6) is 0 Å². The van der Waals surface area contributed by atoms with Gasteiger partial charge in [-0.3, -0.25) is 0 Å². The van der Waals surface area contributed by atoms with Crippen molar-refractivity contribution in [3.8, 4) is 67.0 Å². The van der Waals surface area contributed by atoms with Gasteiger partial charge in [0.2, 0.25) is 0 Å². The van der Waals surface area contributed by atoms with Crippen molar-refractivity contribution in [2.75, 3.05) is 0 Å². The summed E-state index contributed by atoms with van der Waals surface area (Å²) in [4.78, 5) is 0. The standard InChI is InChI=1S/C60H47B7N2/c61-52-49(42-25-29-47-46(32-42)45-28-24-41(36-16-8-3-9-17-36)33-48(45)68(47)44-21-11-20-40(31-44)35-14-6-2-7-15-35)53(62)57(66)59-50(52)51-54(63)55(64)56(65)58(67)60(51)69(59)43-26-22-37(23-27-43)39-19-10-18-38(30-39)34-12-4-1-5-13-34/h1-33H,61-67H2. The van der Waals surface area contributed by atoms with Gasteiger partial charge in [-0.05, 0) is 110 Å². The molecule has 0 amide bonds. The van der Waals surface area contributed by atoms with Crippen LogP contribution in [-0.4, -0.2) is 64.1 Å². The van der Waals surface area contributed by atoms with Crippen molar-refractivity contribution >= 4 is 137 Å². The molecule has 12 rings (SSSR count). The summed E-state index contributed by atoms with van der Waals surface area (Å²) in [5.74, 6) is 0. The summed E-state index contributed by atoms with van der Waals surface area (Å²) in [6, 6.07) is 73.5. The molecule has 0 radical (unpaired) electrons. The molecule has 0 aliphatic rings. The van der Waals surface area contributed by atoms with Crippen LogP contribution in [0.4, 0.5) is 0 Å². The van der Waals surface area contributed by atoms with E-state index in [9.17, 15) is 0 Å². The van der Waals surface area contributed by atoms with Crippen molar-refractivity contribution < 1.29 is 0 Å². The second kappa shape index (κ2) is 16.8. The highest BCUT2D eigenvalue weighted by molar-refractivity contribution is 6.69. The van der Waals surface area contributed by atoms with E-state index in [0.717, 1.165) is 5.69 Å². The molecule has 0 saturated heterocycles. The Hall–Kier alpha value is -7.75. The van der Waals surface area contributed by atoms with Crippen LogP contribution >= 0.6 is 0 Å². The predicted molar refractivity (Wildman–Crippen MR) is 320 cm³/mol. The zero-order valence-corrected chi connectivity index (χ0v) is 40.4. The van der Waals surface area contributed by atoms with Crippen LogP contribution in [0.3, 0.4) is 0 Å². The van der Waals surface area contributed by atoms with Gasteiger partial charge in [0.1, 0.15) is 54.9 Å². The van der Waals surface area contributed by atoms with Gasteiger partial charge in [0.15, 0.2) is 0 Å². The van der Waals surface area contributed by atoms with E-state index in [1.54, 1.807) is 0 Å². The zero-order chi connectivity index (χ0) is 47.1. The average Bonchev–Trinajstić information content (AvgIpc) is 3.94. The Morgan fingerprint density at radius 3 is 1.32 bits per heavy atom. The van der Waals surface area contributed by atoms with Crippen molar-refractivity contribution in [3.63, 3.8) is 0 Å². The summed E-state index contributed by atoms with van der Waals surface area (Å²) in [6.45, 7) is 0. The SMILES string of the molecule is Bc1c(B)c(B)c2c(c1B)c1c(B)c(-c3ccc4c(c3)c3ccc(-c5ccccc5)cc3n4-c3cccc(-c4ccccc4)c3)c(B)c(B)c1n2-c1ccc(-c2cccc(-c3ccccc3)c2)cc1. The molecule has 9 heteroatoms. The Morgan fingerprint density at radius 2 is 0.710 bits per heavy atom. The monoisotopic (exact) mass is 872 g/mol. The first-order valence-electron chi connectivity index (χ1n) is 24.3. The third-order valence-corrected chi connectivity index (χ3v) is 15.4. The lowest BCUT2D eigenvalue weighted by Crippen LogP contribution is -2.48. The predicted octanol–water partition coefficient (Wildman–Crippen LogP) is 4.02. The highest BCUT2D eigenvalue weighted by Gasteiger charge is 2.25. The Kier molecular flexibility index (Phi) is 10.4. The molecule has 10 aromatic carbocycles. The number of hydrogen-bond acceptors (Lipinski definition) is 0. The molecule has 0 unspecified atom stereocenters. The molecular formula is C60H47B7N2. The first-order chi connectivity index (χ1) is 33.7. The molecule has 69 heavy (non-hydrogen) atoms. The van der Waals surface area contributed by atoms with Crippen LogP contribution in [-0.2, 0) is 0 Å². The Bertz CT molecular complexity index is 4010. The first-order valence-corrected chi connectivity index (χ1v) is 24.3. The second-order valence-corrected chi connectivity index (χ2v) is 19.1. The quantitative estimate of drug-likeness (QED) is 0.215. The van der Waals surface area contributed by atoms with E-state index in [4.69, 9.17) is 0 Å². The first kappa shape index (κ1) is 42.6. The number of nitrogens with zero attached hydrogens (tertiary/aromatic N) is 2. The van der Waals surface area contributed by atoms with Gasteiger partial charge in [-0.15, -0.1) is 5.46 Å². The molecule has 0 spiro atoms. The van der Waals surface area contributed by atoms with Gasteiger partial charge in [0.05, 0.1) is 11.0 Å². The minimum Gasteiger partial charge on any atom is -0.310 e. The number of benzene rings is 10. The van der Waals surface area contributed by atoms with Crippen LogP contribution in [0, 0.1) is 0 Å². The highest BCUT2D eigenvalue weighted by atomic mass is 15.0. The highest BCUT2D eigenvalue weighted by Crippen LogP contribution is 2.39. The fourth-order valence-corrected chi connectivity index (χ4v) is 11.4. The Morgan fingerprint density at radius 1 is 0.246 bits per heavy atom. The Balaban J connectivity index is 1.06. The molecule has 0 saturated carbocycles. The van der Waals surface area contributed by atoms with E-state index >= 15 is 0 Å². The molecule has 2 heterocycles. The number of rotatable bonds is 7. The molecule has 2 aromatic heterocycles. The zero-order valence-electron chi connectivity index (χ0n) is 40.4. The van der Waals surface area contributed by atoms with Crippen molar-refractivity contribution in [1.29, 1.82) is 0 Å². The lowest BCUT2D eigenvalue weighted by Gasteiger charge is -2.19. The molecule has 12 aromatic rings. The molecule has 0 atom stereocenters. The molecular weight excluding hydrogens is 824 g/mol. The van der Waals surface area contributed by atoms with E-state index in [2.05, 4.69) is 264 Å². The summed E-state index contributed by atoms with van der Waals surface area (Å²) in [7, 11) is 16.3. The van der Waals surface area contributed by atoms with Crippen molar-refractivity contribution in [2.24, 2.45) is 0 Å². The summed E-state index contributed by atoms with van der Waals surface area (Å²) in [6.07, 6.45) is 0. The molecule has 0 bridgehead atoms. The van der Waals surface area contributed by atoms with Gasteiger partial charge in [-0.1, -0.05) is 184 Å². The van der Waals surface area contributed by atoms with Crippen LogP contribution in [0.1, 0.15) is 0 Å². The van der Waals surface area contributed by atoms with E-state index in [-0.39, 0.29) is 0 Å². The number of fused-ring (bicyclic) bond motifs is 6. The lowest BCUT2D eigenvalue weighted by atomic mass is 9.64. The van der Waals surface area contributed by atoms with Crippen LogP contribution < -0.4 is 38.2 Å². The summed E-state index contributed by atoms with van der Waals surface area (Å²) in [5, 5.41) is 5.20. The van der Waals surface area contributed by atoms with E-state index < -0.39 is 0 Å². The van der Waals surface area contributed by atoms with Gasteiger partial charge < -0.3 is 9.13 Å². The normalized spacial score (nSPS) is 11.6. The van der Waals surface area contributed by atoms with Gasteiger partial charge in [-0.2, -0.15) is 0 Å². The molecule has 2 nitrogen and oxygen atoms in total. The van der Waals surface area contributed by atoms with E-state index in [1.165, 1.54) is 143 Å². The molecule has 0 N–H and O–H groups in total. The third kappa shape index (κ3) is 6.89. The fraction of sp³-hybridized carbons (Fsp3) is 0. The molecule has 0 fully saturated rings.